The van der Waals surface area contributed by atoms with Crippen molar-refractivity contribution in [2.75, 3.05) is 0 Å². The van der Waals surface area contributed by atoms with Gasteiger partial charge < -0.3 is 4.98 Å². The van der Waals surface area contributed by atoms with E-state index in [0.717, 1.165) is 0 Å². The predicted octanol–water partition coefficient (Wildman–Crippen LogP) is 2.03. The van der Waals surface area contributed by atoms with Crippen LogP contribution in [0.15, 0.2) is 49.1 Å². The first-order valence-corrected chi connectivity index (χ1v) is 6.69. The fourth-order valence-electron chi connectivity index (χ4n) is 1.46. The smallest absolute Gasteiger partial charge is 0.223 e. The van der Waals surface area contributed by atoms with Gasteiger partial charge in [-0.05, 0) is 24.3 Å². The molecule has 0 fully saturated rings. The highest BCUT2D eigenvalue weighted by Crippen LogP contribution is 2.15. The van der Waals surface area contributed by atoms with Crippen molar-refractivity contribution in [3.05, 3.63) is 66.5 Å². The number of H-pyrrole nitrogens is 1. The number of hydrogen-bond acceptors (Lipinski definition) is 6. The van der Waals surface area contributed by atoms with Gasteiger partial charge in [0.25, 0.3) is 0 Å². The second kappa shape index (κ2) is 11.0. The van der Waals surface area contributed by atoms with Gasteiger partial charge >= 0.3 is 0 Å². The highest BCUT2D eigenvalue weighted by molar-refractivity contribution is 6.09. The zero-order chi connectivity index (χ0) is 18.5. The van der Waals surface area contributed by atoms with Gasteiger partial charge in [0.1, 0.15) is 5.82 Å². The van der Waals surface area contributed by atoms with E-state index in [1.165, 1.54) is 24.5 Å². The van der Waals surface area contributed by atoms with Crippen molar-refractivity contribution in [3.8, 4) is 11.4 Å². The summed E-state index contributed by atoms with van der Waals surface area (Å²) in [4.78, 5) is 41.0. The van der Waals surface area contributed by atoms with Crippen molar-refractivity contribution in [2.45, 2.75) is 0 Å². The molecule has 0 aliphatic heterocycles. The number of nitrogens with zero attached hydrogens (tertiary/aromatic N) is 3. The quantitative estimate of drug-likeness (QED) is 0.442. The lowest BCUT2D eigenvalue weighted by Gasteiger charge is -1.95. The summed E-state index contributed by atoms with van der Waals surface area (Å²) in [5.74, 6) is -0.722. The van der Waals surface area contributed by atoms with Crippen molar-refractivity contribution in [2.24, 2.45) is 0 Å². The Balaban J connectivity index is 0.000000213. The maximum Gasteiger partial charge on any atom is 0.223 e. The molecule has 3 heterocycles. The van der Waals surface area contributed by atoms with Crippen molar-refractivity contribution < 1.29 is 23.2 Å². The first-order chi connectivity index (χ1) is 12.1. The van der Waals surface area contributed by atoms with Crippen molar-refractivity contribution in [3.63, 3.8) is 0 Å². The average Bonchev–Trinajstić information content (AvgIpc) is 3.18. The normalized spacial score (nSPS) is 8.88. The Labute approximate surface area is 140 Å². The van der Waals surface area contributed by atoms with Gasteiger partial charge in [-0.25, -0.2) is 15.0 Å². The highest BCUT2D eigenvalue weighted by atomic mass is 19.1. The standard InChI is InChI=1S/C8H6FN3.C6H4FNO.C2H2O2/c9-7-6(2-1-3-10-7)8-11-4-5-12-8;7-6-5(4-9)2-1-3-8-6;3-1-2-4/h1-5H,(H,11,12);1-4H;1-2H. The predicted molar refractivity (Wildman–Crippen MR) is 83.5 cm³/mol. The molecule has 0 unspecified atom stereocenters. The van der Waals surface area contributed by atoms with Crippen molar-refractivity contribution in [1.29, 1.82) is 0 Å². The van der Waals surface area contributed by atoms with E-state index < -0.39 is 11.9 Å². The minimum absolute atomic E-state index is 0.00231. The number of carbonyl (C=O) groups excluding carboxylic acids is 3. The minimum Gasteiger partial charge on any atom is -0.344 e. The monoisotopic (exact) mass is 346 g/mol. The molecule has 0 aliphatic carbocycles. The third-order valence-corrected chi connectivity index (χ3v) is 2.48. The van der Waals surface area contributed by atoms with Gasteiger partial charge in [-0.15, -0.1) is 0 Å². The topological polar surface area (TPSA) is 106 Å². The molecule has 9 heteroatoms. The molecule has 0 spiro atoms. The maximum absolute atomic E-state index is 13.0. The number of pyridine rings is 2. The Kier molecular flexibility index (Phi) is 8.55. The van der Waals surface area contributed by atoms with Crippen LogP contribution >= 0.6 is 0 Å². The summed E-state index contributed by atoms with van der Waals surface area (Å²) in [6.45, 7) is 0. The molecule has 0 radical (unpaired) electrons. The van der Waals surface area contributed by atoms with Gasteiger partial charge in [0, 0.05) is 24.8 Å². The van der Waals surface area contributed by atoms with Gasteiger partial charge in [-0.2, -0.15) is 8.78 Å². The first-order valence-electron chi connectivity index (χ1n) is 6.69. The van der Waals surface area contributed by atoms with Crippen LogP contribution in [0, 0.1) is 11.9 Å². The molecular weight excluding hydrogens is 334 g/mol. The number of nitrogens with one attached hydrogen (secondary N) is 1. The van der Waals surface area contributed by atoms with Crippen LogP contribution in [0.1, 0.15) is 10.4 Å². The average molecular weight is 346 g/mol. The molecule has 3 aromatic rings. The summed E-state index contributed by atoms with van der Waals surface area (Å²) < 4.78 is 25.2. The summed E-state index contributed by atoms with van der Waals surface area (Å²) in [6, 6.07) is 6.17. The van der Waals surface area contributed by atoms with Crippen LogP contribution < -0.4 is 0 Å². The van der Waals surface area contributed by atoms with E-state index in [1.807, 2.05) is 0 Å². The number of rotatable bonds is 3. The van der Waals surface area contributed by atoms with Crippen LogP contribution in [0.4, 0.5) is 8.78 Å². The van der Waals surface area contributed by atoms with Gasteiger partial charge in [0.05, 0.1) is 11.1 Å². The third-order valence-electron chi connectivity index (χ3n) is 2.48. The summed E-state index contributed by atoms with van der Waals surface area (Å²) in [5.41, 5.74) is 0.389. The first kappa shape index (κ1) is 19.4. The van der Waals surface area contributed by atoms with Crippen LogP contribution in [0.5, 0.6) is 0 Å². The van der Waals surface area contributed by atoms with Gasteiger partial charge in [0.15, 0.2) is 18.9 Å². The molecule has 3 rings (SSSR count). The van der Waals surface area contributed by atoms with Crippen LogP contribution in [0.3, 0.4) is 0 Å². The Hall–Kier alpha value is -3.62. The summed E-state index contributed by atoms with van der Waals surface area (Å²) in [6.07, 6.45) is 6.73. The van der Waals surface area contributed by atoms with E-state index in [-0.39, 0.29) is 18.1 Å². The SMILES string of the molecule is Fc1ncccc1-c1ncc[nH]1.O=CC=O.O=Cc1cccnc1F. The zero-order valence-electron chi connectivity index (χ0n) is 12.7. The third kappa shape index (κ3) is 6.57. The Bertz CT molecular complexity index is 805. The van der Waals surface area contributed by atoms with Gasteiger partial charge in [-0.3, -0.25) is 14.4 Å². The lowest BCUT2D eigenvalue weighted by molar-refractivity contribution is -0.122. The summed E-state index contributed by atoms with van der Waals surface area (Å²) in [7, 11) is 0. The summed E-state index contributed by atoms with van der Waals surface area (Å²) in [5, 5.41) is 0. The van der Waals surface area contributed by atoms with E-state index in [1.54, 1.807) is 24.5 Å². The molecule has 128 valence electrons. The van der Waals surface area contributed by atoms with E-state index in [2.05, 4.69) is 19.9 Å². The highest BCUT2D eigenvalue weighted by Gasteiger charge is 2.05. The number of halogens is 2. The molecule has 0 saturated carbocycles. The van der Waals surface area contributed by atoms with Gasteiger partial charge in [-0.1, -0.05) is 0 Å². The second-order valence-electron chi connectivity index (χ2n) is 4.05. The molecule has 0 atom stereocenters. The van der Waals surface area contributed by atoms with E-state index in [0.29, 0.717) is 17.7 Å². The molecular formula is C16H12F2N4O3. The van der Waals surface area contributed by atoms with Crippen LogP contribution in [-0.4, -0.2) is 38.8 Å². The number of hydrogen-bond donors (Lipinski definition) is 1. The number of aromatic nitrogens is 4. The Morgan fingerprint density at radius 1 is 0.840 bits per heavy atom. The van der Waals surface area contributed by atoms with Crippen LogP contribution in [0.2, 0.25) is 0 Å². The molecule has 0 aromatic carbocycles. The number of imidazole rings is 1. The molecule has 0 bridgehead atoms. The molecule has 0 amide bonds. The van der Waals surface area contributed by atoms with E-state index >= 15 is 0 Å². The van der Waals surface area contributed by atoms with Crippen LogP contribution in [0.25, 0.3) is 11.4 Å². The number of aromatic amines is 1. The lowest BCUT2D eigenvalue weighted by Crippen LogP contribution is -1.88. The largest absolute Gasteiger partial charge is 0.344 e. The molecule has 7 nitrogen and oxygen atoms in total. The number of carbonyl (C=O) groups is 3. The van der Waals surface area contributed by atoms with Crippen LogP contribution in [-0.2, 0) is 9.59 Å². The van der Waals surface area contributed by atoms with E-state index in [4.69, 9.17) is 9.59 Å². The Morgan fingerprint density at radius 2 is 1.48 bits per heavy atom. The fourth-order valence-corrected chi connectivity index (χ4v) is 1.46. The van der Waals surface area contributed by atoms with Crippen molar-refractivity contribution in [1.82, 2.24) is 19.9 Å². The molecule has 0 aliphatic rings. The zero-order valence-corrected chi connectivity index (χ0v) is 12.7. The maximum atomic E-state index is 13.0. The van der Waals surface area contributed by atoms with E-state index in [9.17, 15) is 13.6 Å². The molecule has 25 heavy (non-hydrogen) atoms. The lowest BCUT2D eigenvalue weighted by atomic mass is 10.3. The van der Waals surface area contributed by atoms with Crippen molar-refractivity contribution >= 4 is 18.9 Å². The Morgan fingerprint density at radius 3 is 1.92 bits per heavy atom. The fraction of sp³-hybridized carbons (Fsp3) is 0. The van der Waals surface area contributed by atoms with Gasteiger partial charge in [0.2, 0.25) is 11.9 Å². The molecule has 0 saturated heterocycles. The minimum atomic E-state index is -0.715. The number of aldehydes is 3. The summed E-state index contributed by atoms with van der Waals surface area (Å²) >= 11 is 0. The molecule has 1 N–H and O–H groups in total. The molecule has 3 aromatic heterocycles. The second-order valence-corrected chi connectivity index (χ2v) is 4.05.